The summed E-state index contributed by atoms with van der Waals surface area (Å²) in [5.41, 5.74) is 0. The van der Waals surface area contributed by atoms with E-state index < -0.39 is 12.2 Å². The van der Waals surface area contributed by atoms with Gasteiger partial charge in [-0.2, -0.15) is 0 Å². The molecule has 3 atom stereocenters. The highest BCUT2D eigenvalue weighted by molar-refractivity contribution is 4.83. The van der Waals surface area contributed by atoms with E-state index >= 15 is 0 Å². The van der Waals surface area contributed by atoms with Crippen molar-refractivity contribution in [1.29, 1.82) is 0 Å². The standard InChI is InChI=1S/C12H25NO2/c1-3-5-10(4-2)6-7-13-8-11(14)12(15)9-13/h10-12,14-15H,3-9H2,1-2H3/t10?,11-,12-/m1/s1. The number of aliphatic hydroxyl groups is 2. The highest BCUT2D eigenvalue weighted by atomic mass is 16.3. The second-order valence-corrected chi connectivity index (χ2v) is 4.75. The summed E-state index contributed by atoms with van der Waals surface area (Å²) >= 11 is 0. The van der Waals surface area contributed by atoms with Gasteiger partial charge in [-0.3, -0.25) is 4.90 Å². The third-order valence-corrected chi connectivity index (χ3v) is 3.46. The monoisotopic (exact) mass is 215 g/mol. The van der Waals surface area contributed by atoms with E-state index in [9.17, 15) is 10.2 Å². The van der Waals surface area contributed by atoms with E-state index in [-0.39, 0.29) is 0 Å². The first-order chi connectivity index (χ1) is 7.17. The van der Waals surface area contributed by atoms with Crippen molar-refractivity contribution in [2.24, 2.45) is 5.92 Å². The second-order valence-electron chi connectivity index (χ2n) is 4.75. The first kappa shape index (κ1) is 12.9. The van der Waals surface area contributed by atoms with Crippen molar-refractivity contribution in [3.63, 3.8) is 0 Å². The quantitative estimate of drug-likeness (QED) is 0.700. The van der Waals surface area contributed by atoms with Crippen LogP contribution in [0.4, 0.5) is 0 Å². The molecule has 2 N–H and O–H groups in total. The van der Waals surface area contributed by atoms with Gasteiger partial charge in [0.05, 0.1) is 12.2 Å². The minimum absolute atomic E-state index is 0.531. The van der Waals surface area contributed by atoms with Crippen LogP contribution in [0, 0.1) is 5.92 Å². The van der Waals surface area contributed by atoms with Crippen molar-refractivity contribution in [3.8, 4) is 0 Å². The Balaban J connectivity index is 2.19. The van der Waals surface area contributed by atoms with Crippen LogP contribution < -0.4 is 0 Å². The predicted molar refractivity (Wildman–Crippen MR) is 61.8 cm³/mol. The number of rotatable bonds is 6. The maximum absolute atomic E-state index is 9.40. The number of aliphatic hydroxyl groups excluding tert-OH is 2. The fourth-order valence-electron chi connectivity index (χ4n) is 2.36. The van der Waals surface area contributed by atoms with Crippen LogP contribution in [-0.4, -0.2) is 47.0 Å². The lowest BCUT2D eigenvalue weighted by molar-refractivity contribution is 0.0572. The zero-order valence-corrected chi connectivity index (χ0v) is 10.0. The molecule has 90 valence electrons. The van der Waals surface area contributed by atoms with E-state index in [1.54, 1.807) is 0 Å². The first-order valence-corrected chi connectivity index (χ1v) is 6.25. The lowest BCUT2D eigenvalue weighted by atomic mass is 9.97. The molecule has 1 heterocycles. The molecule has 1 aliphatic rings. The fraction of sp³-hybridized carbons (Fsp3) is 1.00. The van der Waals surface area contributed by atoms with E-state index in [0.29, 0.717) is 13.1 Å². The molecule has 0 aromatic rings. The van der Waals surface area contributed by atoms with Gasteiger partial charge in [-0.25, -0.2) is 0 Å². The smallest absolute Gasteiger partial charge is 0.0938 e. The van der Waals surface area contributed by atoms with Crippen molar-refractivity contribution in [1.82, 2.24) is 4.90 Å². The van der Waals surface area contributed by atoms with Gasteiger partial charge in [0.25, 0.3) is 0 Å². The highest BCUT2D eigenvalue weighted by Crippen LogP contribution is 2.18. The molecule has 3 heteroatoms. The van der Waals surface area contributed by atoms with Gasteiger partial charge in [-0.05, 0) is 18.9 Å². The van der Waals surface area contributed by atoms with Crippen molar-refractivity contribution in [3.05, 3.63) is 0 Å². The van der Waals surface area contributed by atoms with Crippen LogP contribution in [0.15, 0.2) is 0 Å². The summed E-state index contributed by atoms with van der Waals surface area (Å²) in [6.45, 7) is 6.78. The van der Waals surface area contributed by atoms with Crippen molar-refractivity contribution >= 4 is 0 Å². The average molecular weight is 215 g/mol. The number of hydrogen-bond acceptors (Lipinski definition) is 3. The molecule has 1 saturated heterocycles. The second kappa shape index (κ2) is 6.46. The third-order valence-electron chi connectivity index (χ3n) is 3.46. The van der Waals surface area contributed by atoms with Gasteiger partial charge in [0.1, 0.15) is 0 Å². The summed E-state index contributed by atoms with van der Waals surface area (Å²) < 4.78 is 0. The summed E-state index contributed by atoms with van der Waals surface area (Å²) in [7, 11) is 0. The Kier molecular flexibility index (Phi) is 5.58. The molecular weight excluding hydrogens is 190 g/mol. The summed E-state index contributed by atoms with van der Waals surface area (Å²) in [6, 6.07) is 0. The highest BCUT2D eigenvalue weighted by Gasteiger charge is 2.29. The van der Waals surface area contributed by atoms with Gasteiger partial charge in [0.15, 0.2) is 0 Å². The van der Waals surface area contributed by atoms with Crippen LogP contribution in [0.2, 0.25) is 0 Å². The minimum Gasteiger partial charge on any atom is -0.389 e. The van der Waals surface area contributed by atoms with Gasteiger partial charge in [0.2, 0.25) is 0 Å². The van der Waals surface area contributed by atoms with Crippen LogP contribution >= 0.6 is 0 Å². The van der Waals surface area contributed by atoms with E-state index in [1.807, 2.05) is 0 Å². The summed E-state index contributed by atoms with van der Waals surface area (Å²) in [6.07, 6.45) is 3.93. The summed E-state index contributed by atoms with van der Waals surface area (Å²) in [5, 5.41) is 18.8. The van der Waals surface area contributed by atoms with Crippen molar-refractivity contribution in [2.45, 2.75) is 51.7 Å². The van der Waals surface area contributed by atoms with Gasteiger partial charge in [-0.15, -0.1) is 0 Å². The molecule has 0 amide bonds. The first-order valence-electron chi connectivity index (χ1n) is 6.25. The minimum atomic E-state index is -0.531. The molecule has 0 aromatic carbocycles. The van der Waals surface area contributed by atoms with Gasteiger partial charge in [-0.1, -0.05) is 33.1 Å². The number of β-amino-alcohol motifs (C(OH)–C–C–N with tert-alkyl or cyclic N) is 2. The maximum atomic E-state index is 9.40. The van der Waals surface area contributed by atoms with Gasteiger partial charge >= 0.3 is 0 Å². The van der Waals surface area contributed by atoms with E-state index in [0.717, 1.165) is 12.5 Å². The molecule has 0 bridgehead atoms. The van der Waals surface area contributed by atoms with Crippen molar-refractivity contribution < 1.29 is 10.2 Å². The Morgan fingerprint density at radius 3 is 2.20 bits per heavy atom. The molecular formula is C12H25NO2. The number of nitrogens with zero attached hydrogens (tertiary/aromatic N) is 1. The van der Waals surface area contributed by atoms with Crippen LogP contribution in [0.3, 0.4) is 0 Å². The Bertz CT molecular complexity index is 165. The molecule has 1 aliphatic heterocycles. The largest absolute Gasteiger partial charge is 0.389 e. The van der Waals surface area contributed by atoms with E-state index in [4.69, 9.17) is 0 Å². The SMILES string of the molecule is CCCC(CC)CCN1C[C@@H](O)[C@H](O)C1. The molecule has 1 unspecified atom stereocenters. The molecule has 15 heavy (non-hydrogen) atoms. The average Bonchev–Trinajstić information content (AvgIpc) is 2.53. The molecule has 1 fully saturated rings. The molecule has 0 spiro atoms. The summed E-state index contributed by atoms with van der Waals surface area (Å²) in [5.74, 6) is 0.810. The molecule has 3 nitrogen and oxygen atoms in total. The lowest BCUT2D eigenvalue weighted by Gasteiger charge is -2.19. The lowest BCUT2D eigenvalue weighted by Crippen LogP contribution is -2.24. The Morgan fingerprint density at radius 1 is 1.13 bits per heavy atom. The van der Waals surface area contributed by atoms with Crippen LogP contribution in [0.25, 0.3) is 0 Å². The zero-order valence-electron chi connectivity index (χ0n) is 10.0. The van der Waals surface area contributed by atoms with E-state index in [1.165, 1.54) is 25.7 Å². The molecule has 0 radical (unpaired) electrons. The van der Waals surface area contributed by atoms with Crippen LogP contribution in [0.5, 0.6) is 0 Å². The number of likely N-dealkylation sites (tertiary alicyclic amines) is 1. The Labute approximate surface area is 93.1 Å². The molecule has 0 aromatic heterocycles. The van der Waals surface area contributed by atoms with Crippen molar-refractivity contribution in [2.75, 3.05) is 19.6 Å². The zero-order chi connectivity index (χ0) is 11.3. The topological polar surface area (TPSA) is 43.7 Å². The normalized spacial score (nSPS) is 29.6. The maximum Gasteiger partial charge on any atom is 0.0938 e. The Morgan fingerprint density at radius 2 is 1.73 bits per heavy atom. The molecule has 0 aliphatic carbocycles. The molecule has 1 rings (SSSR count). The van der Waals surface area contributed by atoms with Crippen LogP contribution in [-0.2, 0) is 0 Å². The third kappa shape index (κ3) is 4.09. The molecule has 0 saturated carbocycles. The Hall–Kier alpha value is -0.120. The predicted octanol–water partition coefficient (Wildman–Crippen LogP) is 1.24. The summed E-state index contributed by atoms with van der Waals surface area (Å²) in [4.78, 5) is 2.17. The fourth-order valence-corrected chi connectivity index (χ4v) is 2.36. The van der Waals surface area contributed by atoms with Crippen LogP contribution in [0.1, 0.15) is 39.5 Å². The van der Waals surface area contributed by atoms with E-state index in [2.05, 4.69) is 18.7 Å². The van der Waals surface area contributed by atoms with Gasteiger partial charge < -0.3 is 10.2 Å². The number of hydrogen-bond donors (Lipinski definition) is 2. The van der Waals surface area contributed by atoms with Gasteiger partial charge in [0, 0.05) is 13.1 Å².